The highest BCUT2D eigenvalue weighted by Gasteiger charge is 2.10. The molecule has 1 amide bonds. The number of hydrogen-bond donors (Lipinski definition) is 2. The molecule has 0 spiro atoms. The molecule has 19 heavy (non-hydrogen) atoms. The van der Waals surface area contributed by atoms with E-state index in [0.29, 0.717) is 12.0 Å². The van der Waals surface area contributed by atoms with Gasteiger partial charge >= 0.3 is 0 Å². The molecular formula is C15H24N2O2. The van der Waals surface area contributed by atoms with Crippen molar-refractivity contribution in [1.82, 2.24) is 0 Å². The number of rotatable bonds is 7. The highest BCUT2D eigenvalue weighted by atomic mass is 16.5. The number of methoxy groups -OCH3 is 1. The van der Waals surface area contributed by atoms with Gasteiger partial charge in [-0.1, -0.05) is 20.8 Å². The van der Waals surface area contributed by atoms with E-state index in [9.17, 15) is 4.79 Å². The quantitative estimate of drug-likeness (QED) is 0.795. The molecule has 0 bridgehead atoms. The summed E-state index contributed by atoms with van der Waals surface area (Å²) in [6, 6.07) is 8.21. The van der Waals surface area contributed by atoms with Gasteiger partial charge in [0.2, 0.25) is 5.91 Å². The Labute approximate surface area is 115 Å². The summed E-state index contributed by atoms with van der Waals surface area (Å²) in [4.78, 5) is 11.4. The standard InChI is InChI=1S/C15H24N2O2/c1-5-14(11(2)3)16-12-6-8-13(9-7-12)17-15(18)10-19-4/h6-9,11,14,16H,5,10H2,1-4H3,(H,17,18). The van der Waals surface area contributed by atoms with Crippen LogP contribution in [0.25, 0.3) is 0 Å². The van der Waals surface area contributed by atoms with Crippen LogP contribution in [0.5, 0.6) is 0 Å². The fraction of sp³-hybridized carbons (Fsp3) is 0.533. The second-order valence-corrected chi connectivity index (χ2v) is 4.96. The van der Waals surface area contributed by atoms with Crippen LogP contribution in [0.1, 0.15) is 27.2 Å². The van der Waals surface area contributed by atoms with Crippen molar-refractivity contribution in [2.24, 2.45) is 5.92 Å². The van der Waals surface area contributed by atoms with Crippen molar-refractivity contribution in [3.63, 3.8) is 0 Å². The van der Waals surface area contributed by atoms with Crippen molar-refractivity contribution in [2.75, 3.05) is 24.4 Å². The summed E-state index contributed by atoms with van der Waals surface area (Å²) in [6.45, 7) is 6.67. The zero-order valence-corrected chi connectivity index (χ0v) is 12.2. The number of carbonyl (C=O) groups is 1. The van der Waals surface area contributed by atoms with E-state index in [1.54, 1.807) is 0 Å². The first-order valence-electron chi connectivity index (χ1n) is 6.72. The van der Waals surface area contributed by atoms with Gasteiger partial charge in [0.25, 0.3) is 0 Å². The molecule has 0 aliphatic heterocycles. The van der Waals surface area contributed by atoms with E-state index in [4.69, 9.17) is 4.74 Å². The van der Waals surface area contributed by atoms with E-state index >= 15 is 0 Å². The number of nitrogens with one attached hydrogen (secondary N) is 2. The summed E-state index contributed by atoms with van der Waals surface area (Å²) in [5.41, 5.74) is 1.86. The summed E-state index contributed by atoms with van der Waals surface area (Å²) in [5, 5.41) is 6.26. The van der Waals surface area contributed by atoms with Gasteiger partial charge in [0.1, 0.15) is 6.61 Å². The van der Waals surface area contributed by atoms with Gasteiger partial charge in [-0.25, -0.2) is 0 Å². The minimum Gasteiger partial charge on any atom is -0.382 e. The molecule has 1 atom stereocenters. The van der Waals surface area contributed by atoms with Gasteiger partial charge in [0.05, 0.1) is 0 Å². The predicted octanol–water partition coefficient (Wildman–Crippen LogP) is 3.12. The third-order valence-corrected chi connectivity index (χ3v) is 3.04. The molecule has 1 rings (SSSR count). The van der Waals surface area contributed by atoms with E-state index in [2.05, 4.69) is 31.4 Å². The highest BCUT2D eigenvalue weighted by molar-refractivity contribution is 5.91. The minimum atomic E-state index is -0.142. The molecule has 0 heterocycles. The van der Waals surface area contributed by atoms with Crippen LogP contribution in [0.4, 0.5) is 11.4 Å². The Morgan fingerprint density at radius 2 is 1.79 bits per heavy atom. The van der Waals surface area contributed by atoms with Crippen LogP contribution in [0.15, 0.2) is 24.3 Å². The van der Waals surface area contributed by atoms with Crippen molar-refractivity contribution in [2.45, 2.75) is 33.2 Å². The molecule has 0 aliphatic rings. The van der Waals surface area contributed by atoms with Gasteiger partial charge in [-0.05, 0) is 36.6 Å². The fourth-order valence-corrected chi connectivity index (χ4v) is 1.93. The van der Waals surface area contributed by atoms with Crippen LogP contribution in [0, 0.1) is 5.92 Å². The molecule has 0 fully saturated rings. The Kier molecular flexibility index (Phi) is 6.36. The van der Waals surface area contributed by atoms with Crippen LogP contribution in [-0.2, 0) is 9.53 Å². The van der Waals surface area contributed by atoms with E-state index in [1.807, 2.05) is 24.3 Å². The molecule has 1 aromatic rings. The molecule has 0 aliphatic carbocycles. The molecule has 4 nitrogen and oxygen atoms in total. The molecule has 0 radical (unpaired) electrons. The Balaban J connectivity index is 2.58. The molecule has 2 N–H and O–H groups in total. The maximum Gasteiger partial charge on any atom is 0.250 e. The first kappa shape index (κ1) is 15.5. The highest BCUT2D eigenvalue weighted by Crippen LogP contribution is 2.17. The van der Waals surface area contributed by atoms with Crippen molar-refractivity contribution >= 4 is 17.3 Å². The molecule has 1 aromatic carbocycles. The second kappa shape index (κ2) is 7.79. The summed E-state index contributed by atoms with van der Waals surface area (Å²) in [5.74, 6) is 0.447. The second-order valence-electron chi connectivity index (χ2n) is 4.96. The van der Waals surface area contributed by atoms with E-state index in [0.717, 1.165) is 17.8 Å². The lowest BCUT2D eigenvalue weighted by molar-refractivity contribution is -0.119. The Morgan fingerprint density at radius 3 is 2.26 bits per heavy atom. The summed E-state index contributed by atoms with van der Waals surface area (Å²) in [7, 11) is 1.50. The first-order chi connectivity index (χ1) is 9.06. The largest absolute Gasteiger partial charge is 0.382 e. The zero-order chi connectivity index (χ0) is 14.3. The number of anilines is 2. The van der Waals surface area contributed by atoms with Crippen LogP contribution >= 0.6 is 0 Å². The fourth-order valence-electron chi connectivity index (χ4n) is 1.93. The topological polar surface area (TPSA) is 50.4 Å². The van der Waals surface area contributed by atoms with Crippen molar-refractivity contribution in [1.29, 1.82) is 0 Å². The molecule has 0 aromatic heterocycles. The predicted molar refractivity (Wildman–Crippen MR) is 79.5 cm³/mol. The van der Waals surface area contributed by atoms with Gasteiger partial charge in [0.15, 0.2) is 0 Å². The first-order valence-corrected chi connectivity index (χ1v) is 6.72. The number of amides is 1. The van der Waals surface area contributed by atoms with Gasteiger partial charge in [0, 0.05) is 24.5 Å². The third-order valence-electron chi connectivity index (χ3n) is 3.04. The molecule has 0 saturated carbocycles. The van der Waals surface area contributed by atoms with Gasteiger partial charge in [-0.15, -0.1) is 0 Å². The van der Waals surface area contributed by atoms with Crippen molar-refractivity contribution in [3.8, 4) is 0 Å². The van der Waals surface area contributed by atoms with Crippen molar-refractivity contribution in [3.05, 3.63) is 24.3 Å². The smallest absolute Gasteiger partial charge is 0.250 e. The van der Waals surface area contributed by atoms with Crippen LogP contribution in [0.2, 0.25) is 0 Å². The Hall–Kier alpha value is -1.55. The zero-order valence-electron chi connectivity index (χ0n) is 12.2. The molecule has 4 heteroatoms. The van der Waals surface area contributed by atoms with E-state index < -0.39 is 0 Å². The SMILES string of the molecule is CCC(Nc1ccc(NC(=O)COC)cc1)C(C)C. The number of ether oxygens (including phenoxy) is 1. The van der Waals surface area contributed by atoms with E-state index in [1.165, 1.54) is 7.11 Å². The van der Waals surface area contributed by atoms with Crippen LogP contribution in [-0.4, -0.2) is 25.7 Å². The lowest BCUT2D eigenvalue weighted by atomic mass is 10.0. The molecule has 106 valence electrons. The number of hydrogen-bond acceptors (Lipinski definition) is 3. The maximum atomic E-state index is 11.4. The lowest BCUT2D eigenvalue weighted by Crippen LogP contribution is -2.24. The molecular weight excluding hydrogens is 240 g/mol. The Bertz CT molecular complexity index is 388. The van der Waals surface area contributed by atoms with E-state index in [-0.39, 0.29) is 12.5 Å². The average molecular weight is 264 g/mol. The number of benzene rings is 1. The van der Waals surface area contributed by atoms with Crippen molar-refractivity contribution < 1.29 is 9.53 Å². The Morgan fingerprint density at radius 1 is 1.21 bits per heavy atom. The normalized spacial score (nSPS) is 12.3. The van der Waals surface area contributed by atoms with Gasteiger partial charge in [-0.2, -0.15) is 0 Å². The number of carbonyl (C=O) groups excluding carboxylic acids is 1. The summed E-state index contributed by atoms with van der Waals surface area (Å²) >= 11 is 0. The third kappa shape index (κ3) is 5.30. The van der Waals surface area contributed by atoms with Crippen LogP contribution < -0.4 is 10.6 Å². The lowest BCUT2D eigenvalue weighted by Gasteiger charge is -2.22. The maximum absolute atomic E-state index is 11.4. The molecule has 1 unspecified atom stereocenters. The van der Waals surface area contributed by atoms with Crippen LogP contribution in [0.3, 0.4) is 0 Å². The summed E-state index contributed by atoms with van der Waals surface area (Å²) in [6.07, 6.45) is 1.09. The summed E-state index contributed by atoms with van der Waals surface area (Å²) < 4.78 is 4.77. The average Bonchev–Trinajstić information content (AvgIpc) is 2.37. The van der Waals surface area contributed by atoms with Gasteiger partial charge in [-0.3, -0.25) is 4.79 Å². The van der Waals surface area contributed by atoms with Gasteiger partial charge < -0.3 is 15.4 Å². The monoisotopic (exact) mass is 264 g/mol. The molecule has 0 saturated heterocycles. The minimum absolute atomic E-state index is 0.0747.